The first kappa shape index (κ1) is 20.5. The normalized spacial score (nSPS) is 17.7. The van der Waals surface area contributed by atoms with Gasteiger partial charge < -0.3 is 15.5 Å². The van der Waals surface area contributed by atoms with Crippen LogP contribution in [0.1, 0.15) is 25.0 Å². The fourth-order valence-electron chi connectivity index (χ4n) is 3.35. The summed E-state index contributed by atoms with van der Waals surface area (Å²) in [6, 6.07) is 5.48. The number of halogens is 4. The summed E-state index contributed by atoms with van der Waals surface area (Å²) in [4.78, 5) is 14.3. The molecule has 0 saturated carbocycles. The molecule has 0 aliphatic carbocycles. The lowest BCUT2D eigenvalue weighted by molar-refractivity contribution is -0.142. The fraction of sp³-hybridized carbons (Fsp3) is 0.444. The first-order chi connectivity index (χ1) is 13.3. The molecule has 0 radical (unpaired) electrons. The van der Waals surface area contributed by atoms with Crippen molar-refractivity contribution in [3.8, 4) is 5.69 Å². The lowest BCUT2D eigenvalue weighted by Crippen LogP contribution is -2.34. The van der Waals surface area contributed by atoms with Crippen molar-refractivity contribution >= 4 is 23.3 Å². The van der Waals surface area contributed by atoms with Gasteiger partial charge in [-0.15, -0.1) is 0 Å². The molecule has 1 saturated heterocycles. The van der Waals surface area contributed by atoms with Crippen molar-refractivity contribution in [2.45, 2.75) is 31.5 Å². The number of nitrogens with zero attached hydrogens (tertiary/aromatic N) is 3. The van der Waals surface area contributed by atoms with Crippen molar-refractivity contribution in [3.05, 3.63) is 41.2 Å². The third kappa shape index (κ3) is 4.77. The number of nitrogens with one attached hydrogen (secondary N) is 2. The number of aromatic nitrogens is 2. The molecule has 2 aromatic rings. The molecular formula is C18H21ClF3N5O. The van der Waals surface area contributed by atoms with Gasteiger partial charge in [-0.2, -0.15) is 18.3 Å². The SMILES string of the molecule is CN1CCCC1CCNC(=O)Nc1cnn(-c2ccc(Cl)cc2)c1C(F)(F)F. The van der Waals surface area contributed by atoms with Gasteiger partial charge in [0, 0.05) is 17.6 Å². The molecule has 0 spiro atoms. The molecule has 1 unspecified atom stereocenters. The quantitative estimate of drug-likeness (QED) is 0.771. The Morgan fingerprint density at radius 2 is 2.04 bits per heavy atom. The molecule has 1 fully saturated rings. The molecule has 2 N–H and O–H groups in total. The fourth-order valence-corrected chi connectivity index (χ4v) is 3.48. The molecule has 1 aliphatic rings. The van der Waals surface area contributed by atoms with E-state index in [9.17, 15) is 18.0 Å². The van der Waals surface area contributed by atoms with Crippen molar-refractivity contribution in [2.24, 2.45) is 0 Å². The van der Waals surface area contributed by atoms with E-state index in [1.807, 2.05) is 7.05 Å². The molecular weight excluding hydrogens is 395 g/mol. The highest BCUT2D eigenvalue weighted by Gasteiger charge is 2.39. The molecule has 28 heavy (non-hydrogen) atoms. The van der Waals surface area contributed by atoms with E-state index in [2.05, 4.69) is 20.6 Å². The number of urea groups is 1. The number of amides is 2. The highest BCUT2D eigenvalue weighted by molar-refractivity contribution is 6.30. The lowest BCUT2D eigenvalue weighted by Gasteiger charge is -2.19. The van der Waals surface area contributed by atoms with Crippen molar-refractivity contribution in [3.63, 3.8) is 0 Å². The Morgan fingerprint density at radius 3 is 2.64 bits per heavy atom. The predicted octanol–water partition coefficient (Wildman–Crippen LogP) is 4.15. The zero-order chi connectivity index (χ0) is 20.3. The van der Waals surface area contributed by atoms with Gasteiger partial charge in [0.25, 0.3) is 0 Å². The molecule has 1 aromatic heterocycles. The van der Waals surface area contributed by atoms with E-state index in [-0.39, 0.29) is 5.69 Å². The Bertz CT molecular complexity index is 822. The number of hydrogen-bond acceptors (Lipinski definition) is 3. The molecule has 1 atom stereocenters. The Balaban J connectivity index is 1.69. The predicted molar refractivity (Wildman–Crippen MR) is 101 cm³/mol. The average molecular weight is 416 g/mol. The van der Waals surface area contributed by atoms with Crippen LogP contribution < -0.4 is 10.6 Å². The van der Waals surface area contributed by atoms with E-state index in [4.69, 9.17) is 11.6 Å². The van der Waals surface area contributed by atoms with Crippen molar-refractivity contribution in [1.29, 1.82) is 0 Å². The Hall–Kier alpha value is -2.26. The second-order valence-corrected chi connectivity index (χ2v) is 7.18. The van der Waals surface area contributed by atoms with Gasteiger partial charge in [0.15, 0.2) is 5.69 Å². The summed E-state index contributed by atoms with van der Waals surface area (Å²) in [5, 5.41) is 9.07. The van der Waals surface area contributed by atoms with Gasteiger partial charge in [0.1, 0.15) is 0 Å². The average Bonchev–Trinajstić information content (AvgIpc) is 3.22. The summed E-state index contributed by atoms with van der Waals surface area (Å²) < 4.78 is 41.5. The third-order valence-corrected chi connectivity index (χ3v) is 5.04. The maximum atomic E-state index is 13.6. The van der Waals surface area contributed by atoms with Crippen LogP contribution in [-0.4, -0.2) is 46.9 Å². The van der Waals surface area contributed by atoms with Gasteiger partial charge in [-0.05, 0) is 57.1 Å². The van der Waals surface area contributed by atoms with Gasteiger partial charge in [0.2, 0.25) is 0 Å². The van der Waals surface area contributed by atoms with E-state index < -0.39 is 23.6 Å². The number of benzene rings is 1. The van der Waals surface area contributed by atoms with Gasteiger partial charge in [0.05, 0.1) is 17.6 Å². The largest absolute Gasteiger partial charge is 0.435 e. The minimum atomic E-state index is -4.70. The van der Waals surface area contributed by atoms with Crippen LogP contribution >= 0.6 is 11.6 Å². The lowest BCUT2D eigenvalue weighted by atomic mass is 10.1. The van der Waals surface area contributed by atoms with Crippen molar-refractivity contribution in [2.75, 3.05) is 25.5 Å². The van der Waals surface area contributed by atoms with Crippen LogP contribution in [-0.2, 0) is 6.18 Å². The zero-order valence-corrected chi connectivity index (χ0v) is 16.0. The number of carbonyl (C=O) groups is 1. The van der Waals surface area contributed by atoms with Gasteiger partial charge in [-0.1, -0.05) is 11.6 Å². The van der Waals surface area contributed by atoms with Crippen molar-refractivity contribution in [1.82, 2.24) is 20.0 Å². The van der Waals surface area contributed by atoms with E-state index in [1.165, 1.54) is 24.3 Å². The molecule has 152 valence electrons. The maximum absolute atomic E-state index is 13.6. The molecule has 10 heteroatoms. The van der Waals surface area contributed by atoms with Crippen LogP contribution in [0, 0.1) is 0 Å². The number of anilines is 1. The highest BCUT2D eigenvalue weighted by Crippen LogP contribution is 2.36. The number of likely N-dealkylation sites (tertiary alicyclic amines) is 1. The van der Waals surface area contributed by atoms with Gasteiger partial charge >= 0.3 is 12.2 Å². The van der Waals surface area contributed by atoms with E-state index in [1.54, 1.807) is 0 Å². The summed E-state index contributed by atoms with van der Waals surface area (Å²) in [6.07, 6.45) is -0.786. The Morgan fingerprint density at radius 1 is 1.32 bits per heavy atom. The van der Waals surface area contributed by atoms with Crippen molar-refractivity contribution < 1.29 is 18.0 Å². The molecule has 2 amide bonds. The molecule has 3 rings (SSSR count). The number of rotatable bonds is 5. The molecule has 1 aliphatic heterocycles. The molecule has 0 bridgehead atoms. The van der Waals surface area contributed by atoms with Crippen LogP contribution in [0.5, 0.6) is 0 Å². The minimum absolute atomic E-state index is 0.189. The summed E-state index contributed by atoms with van der Waals surface area (Å²) in [6.45, 7) is 1.41. The molecule has 1 aromatic carbocycles. The van der Waals surface area contributed by atoms with E-state index >= 15 is 0 Å². The smallest absolute Gasteiger partial charge is 0.338 e. The second kappa shape index (κ2) is 8.40. The van der Waals surface area contributed by atoms with Gasteiger partial charge in [-0.25, -0.2) is 9.48 Å². The van der Waals surface area contributed by atoms with Crippen LogP contribution in [0.4, 0.5) is 23.7 Å². The van der Waals surface area contributed by atoms with Crippen LogP contribution in [0.3, 0.4) is 0 Å². The zero-order valence-electron chi connectivity index (χ0n) is 15.3. The number of alkyl halides is 3. The summed E-state index contributed by atoms with van der Waals surface area (Å²) >= 11 is 5.79. The van der Waals surface area contributed by atoms with Crippen LogP contribution in [0.15, 0.2) is 30.5 Å². The molecule has 6 nitrogen and oxygen atoms in total. The standard InChI is InChI=1S/C18H21ClF3N5O/c1-26-10-2-3-13(26)8-9-23-17(28)25-15-11-24-27(16(15)18(20,21)22)14-6-4-12(19)5-7-14/h4-7,11,13H,2-3,8-10H2,1H3,(H2,23,25,28). The molecule has 2 heterocycles. The highest BCUT2D eigenvalue weighted by atomic mass is 35.5. The van der Waals surface area contributed by atoms with Gasteiger partial charge in [-0.3, -0.25) is 0 Å². The summed E-state index contributed by atoms with van der Waals surface area (Å²) in [5.74, 6) is 0. The first-order valence-corrected chi connectivity index (χ1v) is 9.30. The minimum Gasteiger partial charge on any atom is -0.338 e. The number of hydrogen-bond donors (Lipinski definition) is 2. The maximum Gasteiger partial charge on any atom is 0.435 e. The Kier molecular flexibility index (Phi) is 6.14. The Labute approximate surface area is 165 Å². The summed E-state index contributed by atoms with van der Waals surface area (Å²) in [7, 11) is 2.03. The second-order valence-electron chi connectivity index (χ2n) is 6.74. The third-order valence-electron chi connectivity index (χ3n) is 4.79. The van der Waals surface area contributed by atoms with Crippen LogP contribution in [0.25, 0.3) is 5.69 Å². The van der Waals surface area contributed by atoms with Crippen LogP contribution in [0.2, 0.25) is 5.02 Å². The first-order valence-electron chi connectivity index (χ1n) is 8.92. The topological polar surface area (TPSA) is 62.2 Å². The summed E-state index contributed by atoms with van der Waals surface area (Å²) in [5.41, 5.74) is -1.27. The van der Waals surface area contributed by atoms with E-state index in [0.29, 0.717) is 17.6 Å². The van der Waals surface area contributed by atoms with E-state index in [0.717, 1.165) is 36.7 Å². The monoisotopic (exact) mass is 415 g/mol. The number of carbonyl (C=O) groups excluding carboxylic acids is 1.